The molecule has 1 N–H and O–H groups in total. The van der Waals surface area contributed by atoms with Crippen molar-refractivity contribution in [1.82, 2.24) is 15.0 Å². The van der Waals surface area contributed by atoms with Crippen LogP contribution in [-0.2, 0) is 18.6 Å². The first kappa shape index (κ1) is 17.9. The summed E-state index contributed by atoms with van der Waals surface area (Å²) in [5.74, 6) is 0.360. The van der Waals surface area contributed by atoms with Crippen LogP contribution >= 0.6 is 0 Å². The third-order valence-corrected chi connectivity index (χ3v) is 4.84. The smallest absolute Gasteiger partial charge is 0.165 e. The average molecular weight is 347 g/mol. The molecule has 1 aliphatic rings. The van der Waals surface area contributed by atoms with Crippen molar-refractivity contribution in [2.45, 2.75) is 58.1 Å². The molecular formula is C19H26FN3O2. The highest BCUT2D eigenvalue weighted by Gasteiger charge is 2.30. The minimum absolute atomic E-state index is 0.212. The lowest BCUT2D eigenvalue weighted by molar-refractivity contribution is 0.00942. The molecule has 2 aromatic rings. The van der Waals surface area contributed by atoms with Crippen molar-refractivity contribution in [2.24, 2.45) is 5.92 Å². The van der Waals surface area contributed by atoms with Gasteiger partial charge >= 0.3 is 0 Å². The SMILES string of the molecule is CCCc1cnnn1C[C@](O)(CC)c1ccc(F)c(OCC2CC2)c1. The maximum atomic E-state index is 14.0. The molecule has 1 aliphatic carbocycles. The number of aliphatic hydroxyl groups is 1. The summed E-state index contributed by atoms with van der Waals surface area (Å²) in [4.78, 5) is 0. The Morgan fingerprint density at radius 1 is 1.36 bits per heavy atom. The average Bonchev–Trinajstić information content (AvgIpc) is 3.35. The monoisotopic (exact) mass is 347 g/mol. The van der Waals surface area contributed by atoms with Crippen LogP contribution in [0.4, 0.5) is 4.39 Å². The number of ether oxygens (including phenoxy) is 1. The summed E-state index contributed by atoms with van der Waals surface area (Å²) in [6.07, 6.45) is 6.33. The summed E-state index contributed by atoms with van der Waals surface area (Å²) in [5, 5.41) is 19.3. The van der Waals surface area contributed by atoms with Crippen LogP contribution in [0.2, 0.25) is 0 Å². The van der Waals surface area contributed by atoms with Crippen molar-refractivity contribution in [3.63, 3.8) is 0 Å². The van der Waals surface area contributed by atoms with E-state index in [-0.39, 0.29) is 12.3 Å². The largest absolute Gasteiger partial charge is 0.490 e. The maximum absolute atomic E-state index is 14.0. The van der Waals surface area contributed by atoms with E-state index in [0.717, 1.165) is 31.4 Å². The van der Waals surface area contributed by atoms with Gasteiger partial charge in [0.1, 0.15) is 5.60 Å². The molecule has 0 unspecified atom stereocenters. The van der Waals surface area contributed by atoms with E-state index in [1.165, 1.54) is 6.07 Å². The Bertz CT molecular complexity index is 714. The summed E-state index contributed by atoms with van der Waals surface area (Å²) in [6, 6.07) is 4.61. The predicted octanol–water partition coefficient (Wildman–Crippen LogP) is 3.46. The van der Waals surface area contributed by atoms with Crippen LogP contribution in [-0.4, -0.2) is 26.7 Å². The lowest BCUT2D eigenvalue weighted by Gasteiger charge is -2.28. The van der Waals surface area contributed by atoms with Gasteiger partial charge in [-0.3, -0.25) is 0 Å². The molecule has 5 nitrogen and oxygen atoms in total. The number of hydrogen-bond donors (Lipinski definition) is 1. The summed E-state index contributed by atoms with van der Waals surface area (Å²) in [6.45, 7) is 4.82. The highest BCUT2D eigenvalue weighted by Crippen LogP contribution is 2.33. The van der Waals surface area contributed by atoms with Gasteiger partial charge in [-0.2, -0.15) is 0 Å². The van der Waals surface area contributed by atoms with Crippen LogP contribution < -0.4 is 4.74 Å². The van der Waals surface area contributed by atoms with Gasteiger partial charge in [0.05, 0.1) is 25.0 Å². The van der Waals surface area contributed by atoms with Gasteiger partial charge in [-0.25, -0.2) is 9.07 Å². The third kappa shape index (κ3) is 4.18. The zero-order chi connectivity index (χ0) is 17.9. The first-order valence-corrected chi connectivity index (χ1v) is 9.08. The Balaban J connectivity index is 1.82. The number of hydrogen-bond acceptors (Lipinski definition) is 4. The third-order valence-electron chi connectivity index (χ3n) is 4.84. The summed E-state index contributed by atoms with van der Waals surface area (Å²) >= 11 is 0. The number of halogens is 1. The van der Waals surface area contributed by atoms with Crippen LogP contribution in [0.25, 0.3) is 0 Å². The van der Waals surface area contributed by atoms with Crippen molar-refractivity contribution in [2.75, 3.05) is 6.61 Å². The molecular weight excluding hydrogens is 321 g/mol. The molecule has 1 saturated carbocycles. The molecule has 1 heterocycles. The van der Waals surface area contributed by atoms with Gasteiger partial charge in [-0.1, -0.05) is 31.5 Å². The number of aryl methyl sites for hydroxylation is 1. The van der Waals surface area contributed by atoms with Gasteiger partial charge < -0.3 is 9.84 Å². The van der Waals surface area contributed by atoms with E-state index in [4.69, 9.17) is 4.74 Å². The van der Waals surface area contributed by atoms with Crippen molar-refractivity contribution in [3.8, 4) is 5.75 Å². The zero-order valence-electron chi connectivity index (χ0n) is 14.9. The Morgan fingerprint density at radius 2 is 2.16 bits per heavy atom. The molecule has 25 heavy (non-hydrogen) atoms. The lowest BCUT2D eigenvalue weighted by Crippen LogP contribution is -2.32. The number of rotatable bonds is 9. The van der Waals surface area contributed by atoms with Crippen molar-refractivity contribution in [3.05, 3.63) is 41.5 Å². The molecule has 0 spiro atoms. The van der Waals surface area contributed by atoms with E-state index in [0.29, 0.717) is 24.5 Å². The summed E-state index contributed by atoms with van der Waals surface area (Å²) in [7, 11) is 0. The number of aromatic nitrogens is 3. The van der Waals surface area contributed by atoms with Crippen LogP contribution in [0.3, 0.4) is 0 Å². The molecule has 3 rings (SSSR count). The van der Waals surface area contributed by atoms with E-state index in [1.807, 2.05) is 6.92 Å². The molecule has 1 atom stereocenters. The van der Waals surface area contributed by atoms with Gasteiger partial charge in [0.25, 0.3) is 0 Å². The number of benzene rings is 1. The molecule has 0 saturated heterocycles. The molecule has 136 valence electrons. The van der Waals surface area contributed by atoms with E-state index in [1.54, 1.807) is 23.0 Å². The van der Waals surface area contributed by atoms with Crippen LogP contribution in [0.5, 0.6) is 5.75 Å². The van der Waals surface area contributed by atoms with Gasteiger partial charge in [-0.05, 0) is 49.3 Å². The standard InChI is InChI=1S/C19H26FN3O2/c1-3-5-16-11-21-22-23(16)13-19(24,4-2)15-8-9-17(20)18(10-15)25-12-14-6-7-14/h8-11,14,24H,3-7,12-13H2,1-2H3/t19-/m1/s1. The molecule has 1 fully saturated rings. The fraction of sp³-hybridized carbons (Fsp3) is 0.579. The first-order chi connectivity index (χ1) is 12.1. The van der Waals surface area contributed by atoms with E-state index in [9.17, 15) is 9.50 Å². The number of nitrogens with zero attached hydrogens (tertiary/aromatic N) is 3. The second-order valence-electron chi connectivity index (χ2n) is 6.92. The quantitative estimate of drug-likeness (QED) is 0.755. The Labute approximate surface area is 147 Å². The van der Waals surface area contributed by atoms with E-state index < -0.39 is 11.4 Å². The molecule has 1 aromatic heterocycles. The second-order valence-corrected chi connectivity index (χ2v) is 6.92. The van der Waals surface area contributed by atoms with Crippen molar-refractivity contribution >= 4 is 0 Å². The van der Waals surface area contributed by atoms with E-state index >= 15 is 0 Å². The normalized spacial score (nSPS) is 16.6. The fourth-order valence-electron chi connectivity index (χ4n) is 2.91. The Morgan fingerprint density at radius 3 is 2.84 bits per heavy atom. The molecule has 6 heteroatoms. The molecule has 0 amide bonds. The van der Waals surface area contributed by atoms with Gasteiger partial charge in [0, 0.05) is 0 Å². The molecule has 0 aliphatic heterocycles. The Hall–Kier alpha value is -1.95. The summed E-state index contributed by atoms with van der Waals surface area (Å²) in [5.41, 5.74) is 0.475. The highest BCUT2D eigenvalue weighted by molar-refractivity contribution is 5.34. The van der Waals surface area contributed by atoms with Gasteiger partial charge in [-0.15, -0.1) is 5.10 Å². The zero-order valence-corrected chi connectivity index (χ0v) is 14.9. The maximum Gasteiger partial charge on any atom is 0.165 e. The molecule has 0 bridgehead atoms. The van der Waals surface area contributed by atoms with Gasteiger partial charge in [0.15, 0.2) is 11.6 Å². The highest BCUT2D eigenvalue weighted by atomic mass is 19.1. The van der Waals surface area contributed by atoms with E-state index in [2.05, 4.69) is 17.2 Å². The van der Waals surface area contributed by atoms with Crippen LogP contribution in [0.15, 0.2) is 24.4 Å². The van der Waals surface area contributed by atoms with Crippen molar-refractivity contribution < 1.29 is 14.2 Å². The fourth-order valence-corrected chi connectivity index (χ4v) is 2.91. The minimum atomic E-state index is -1.15. The van der Waals surface area contributed by atoms with Gasteiger partial charge in [0.2, 0.25) is 0 Å². The minimum Gasteiger partial charge on any atom is -0.490 e. The predicted molar refractivity (Wildman–Crippen MR) is 92.8 cm³/mol. The molecule has 0 radical (unpaired) electrons. The topological polar surface area (TPSA) is 60.2 Å². The first-order valence-electron chi connectivity index (χ1n) is 9.08. The van der Waals surface area contributed by atoms with Crippen LogP contribution in [0, 0.1) is 11.7 Å². The van der Waals surface area contributed by atoms with Crippen LogP contribution in [0.1, 0.15) is 50.8 Å². The second kappa shape index (κ2) is 7.52. The molecule has 1 aromatic carbocycles. The Kier molecular flexibility index (Phi) is 5.37. The van der Waals surface area contributed by atoms with Crippen molar-refractivity contribution in [1.29, 1.82) is 0 Å². The lowest BCUT2D eigenvalue weighted by atomic mass is 9.90. The summed E-state index contributed by atoms with van der Waals surface area (Å²) < 4.78 is 21.4.